The van der Waals surface area contributed by atoms with Gasteiger partial charge in [0.2, 0.25) is 0 Å². The lowest BCUT2D eigenvalue weighted by Gasteiger charge is -2.57. The number of imidazole rings is 1. The van der Waals surface area contributed by atoms with Crippen molar-refractivity contribution in [2.24, 2.45) is 28.6 Å². The molecule has 0 spiro atoms. The highest BCUT2D eigenvalue weighted by molar-refractivity contribution is 5.97. The Balaban J connectivity index is 1.40. The Morgan fingerprint density at radius 1 is 1.18 bits per heavy atom. The summed E-state index contributed by atoms with van der Waals surface area (Å²) in [4.78, 5) is 17.2. The summed E-state index contributed by atoms with van der Waals surface area (Å²) in [5.74, 6) is 2.21. The van der Waals surface area contributed by atoms with Gasteiger partial charge in [-0.05, 0) is 79.1 Å². The highest BCUT2D eigenvalue weighted by Gasteiger charge is 2.57. The lowest BCUT2D eigenvalue weighted by molar-refractivity contribution is -0.118. The summed E-state index contributed by atoms with van der Waals surface area (Å²) in [5, 5.41) is 10.2. The van der Waals surface area contributed by atoms with Gasteiger partial charge in [0.05, 0.1) is 19.0 Å². The van der Waals surface area contributed by atoms with Gasteiger partial charge in [0.25, 0.3) is 0 Å². The molecule has 2 fully saturated rings. The highest BCUT2D eigenvalue weighted by atomic mass is 16.3. The molecule has 0 aliphatic heterocycles. The molecule has 4 aliphatic carbocycles. The Hall–Kier alpha value is -1.68. The maximum absolute atomic E-state index is 13.1. The molecule has 1 aromatic rings. The van der Waals surface area contributed by atoms with E-state index in [9.17, 15) is 9.90 Å². The molecule has 4 nitrogen and oxygen atoms in total. The van der Waals surface area contributed by atoms with Gasteiger partial charge in [-0.15, -0.1) is 0 Å². The summed E-state index contributed by atoms with van der Waals surface area (Å²) in [7, 11) is 0. The molecule has 0 saturated heterocycles. The lowest BCUT2D eigenvalue weighted by Crippen LogP contribution is -2.50. The molecule has 28 heavy (non-hydrogen) atoms. The van der Waals surface area contributed by atoms with E-state index in [2.05, 4.69) is 31.0 Å². The Kier molecular flexibility index (Phi) is 4.20. The summed E-state index contributed by atoms with van der Waals surface area (Å²) in [6.45, 7) is 5.21. The minimum absolute atomic E-state index is 0.0225. The van der Waals surface area contributed by atoms with E-state index >= 15 is 0 Å². The first-order chi connectivity index (χ1) is 13.4. The minimum atomic E-state index is -0.148. The molecule has 1 aromatic heterocycles. The fraction of sp³-hybridized carbons (Fsp3) is 0.667. The molecule has 0 amide bonds. The number of ketones is 1. The van der Waals surface area contributed by atoms with Crippen molar-refractivity contribution in [3.63, 3.8) is 0 Å². The van der Waals surface area contributed by atoms with Crippen molar-refractivity contribution < 1.29 is 9.90 Å². The summed E-state index contributed by atoms with van der Waals surface area (Å²) >= 11 is 0. The second-order valence-electron chi connectivity index (χ2n) is 10.1. The molecular formula is C24H32N2O2. The van der Waals surface area contributed by atoms with Crippen LogP contribution in [0.1, 0.15) is 58.8 Å². The van der Waals surface area contributed by atoms with Gasteiger partial charge in [-0.1, -0.05) is 31.6 Å². The third kappa shape index (κ3) is 2.60. The largest absolute Gasteiger partial charge is 0.393 e. The predicted octanol–water partition coefficient (Wildman–Crippen LogP) is 4.31. The van der Waals surface area contributed by atoms with Gasteiger partial charge >= 0.3 is 0 Å². The van der Waals surface area contributed by atoms with Gasteiger partial charge in [0.1, 0.15) is 0 Å². The van der Waals surface area contributed by atoms with E-state index in [1.54, 1.807) is 12.5 Å². The number of allylic oxidation sites excluding steroid dienone is 3. The second kappa shape index (κ2) is 6.41. The summed E-state index contributed by atoms with van der Waals surface area (Å²) in [5.41, 5.74) is 2.86. The number of aliphatic hydroxyl groups excluding tert-OH is 1. The molecule has 4 aliphatic rings. The first kappa shape index (κ1) is 18.4. The highest BCUT2D eigenvalue weighted by Crippen LogP contribution is 2.65. The molecule has 0 unspecified atom stereocenters. The summed E-state index contributed by atoms with van der Waals surface area (Å²) in [6.07, 6.45) is 17.3. The number of nitrogens with zero attached hydrogens (tertiary/aromatic N) is 2. The number of carbonyl (C=O) groups is 1. The van der Waals surface area contributed by atoms with Crippen molar-refractivity contribution in [3.8, 4) is 0 Å². The summed E-state index contributed by atoms with van der Waals surface area (Å²) < 4.78 is 1.88. The molecular weight excluding hydrogens is 348 g/mol. The first-order valence-corrected chi connectivity index (χ1v) is 11.0. The molecule has 6 atom stereocenters. The number of fused-ring (bicyclic) bond motifs is 5. The fourth-order valence-electron chi connectivity index (χ4n) is 7.27. The van der Waals surface area contributed by atoms with E-state index in [4.69, 9.17) is 0 Å². The van der Waals surface area contributed by atoms with Crippen LogP contribution < -0.4 is 0 Å². The van der Waals surface area contributed by atoms with Crippen molar-refractivity contribution in [2.75, 3.05) is 0 Å². The number of hydrogen-bond acceptors (Lipinski definition) is 3. The number of hydrogen-bond donors (Lipinski definition) is 1. The van der Waals surface area contributed by atoms with E-state index in [1.165, 1.54) is 12.0 Å². The molecule has 4 heteroatoms. The van der Waals surface area contributed by atoms with Crippen molar-refractivity contribution in [3.05, 3.63) is 42.0 Å². The van der Waals surface area contributed by atoms with Crippen molar-refractivity contribution >= 4 is 5.78 Å². The van der Waals surface area contributed by atoms with Gasteiger partial charge in [-0.25, -0.2) is 4.98 Å². The Morgan fingerprint density at radius 2 is 2.00 bits per heavy atom. The van der Waals surface area contributed by atoms with Crippen LogP contribution in [0.5, 0.6) is 0 Å². The zero-order valence-corrected chi connectivity index (χ0v) is 17.1. The van der Waals surface area contributed by atoms with Crippen LogP contribution in [0.25, 0.3) is 0 Å². The maximum atomic E-state index is 13.1. The Morgan fingerprint density at radius 3 is 2.79 bits per heavy atom. The Labute approximate surface area is 167 Å². The maximum Gasteiger partial charge on any atom is 0.178 e. The lowest BCUT2D eigenvalue weighted by atomic mass is 9.47. The standard InChI is InChI=1S/C24H32N2O2/c1-23-9-7-17(27)13-16(23)3-4-18-19-5-6-21(24(19,2)10-8-20(18)23)22(28)14-26-12-11-25-15-26/h3,6,11-12,15,17-20,27H,4-5,7-10,13-14H2,1-2H3/t17-,18-,19-,20-,23-,24-/m0/s1. The van der Waals surface area contributed by atoms with Crippen LogP contribution in [-0.4, -0.2) is 26.5 Å². The molecule has 0 radical (unpaired) electrons. The van der Waals surface area contributed by atoms with E-state index in [1.807, 2.05) is 10.8 Å². The van der Waals surface area contributed by atoms with E-state index < -0.39 is 0 Å². The van der Waals surface area contributed by atoms with Crippen molar-refractivity contribution in [2.45, 2.75) is 71.4 Å². The Bertz CT molecular complexity index is 839. The van der Waals surface area contributed by atoms with Gasteiger partial charge in [0, 0.05) is 12.4 Å². The van der Waals surface area contributed by atoms with Crippen LogP contribution in [0.4, 0.5) is 0 Å². The molecule has 0 bridgehead atoms. The zero-order valence-electron chi connectivity index (χ0n) is 17.1. The quantitative estimate of drug-likeness (QED) is 0.795. The summed E-state index contributed by atoms with van der Waals surface area (Å²) in [6, 6.07) is 0. The smallest absolute Gasteiger partial charge is 0.178 e. The number of Topliss-reactive ketones (excluding diaryl/α,β-unsaturated/α-hetero) is 1. The van der Waals surface area contributed by atoms with Crippen LogP contribution in [0.3, 0.4) is 0 Å². The van der Waals surface area contributed by atoms with Crippen LogP contribution in [0.15, 0.2) is 42.0 Å². The predicted molar refractivity (Wildman–Crippen MR) is 108 cm³/mol. The number of aliphatic hydroxyl groups is 1. The average molecular weight is 381 g/mol. The van der Waals surface area contributed by atoms with E-state index in [0.717, 1.165) is 44.1 Å². The molecule has 1 N–H and O–H groups in total. The van der Waals surface area contributed by atoms with Gasteiger partial charge < -0.3 is 9.67 Å². The first-order valence-electron chi connectivity index (χ1n) is 11.0. The van der Waals surface area contributed by atoms with E-state index in [-0.39, 0.29) is 22.7 Å². The SMILES string of the molecule is C[C@]12CC[C@H](O)CC1=CC[C@@H]1[C@@H]2CC[C@]2(C)C(C(=O)Cn3ccnc3)=CC[C@@H]12. The topological polar surface area (TPSA) is 55.1 Å². The van der Waals surface area contributed by atoms with Crippen LogP contribution >= 0.6 is 0 Å². The van der Waals surface area contributed by atoms with Crippen LogP contribution in [0, 0.1) is 28.6 Å². The second-order valence-corrected chi connectivity index (χ2v) is 10.1. The molecule has 0 aromatic carbocycles. The van der Waals surface area contributed by atoms with Crippen LogP contribution in [0.2, 0.25) is 0 Å². The van der Waals surface area contributed by atoms with Crippen molar-refractivity contribution in [1.82, 2.24) is 9.55 Å². The van der Waals surface area contributed by atoms with Gasteiger partial charge in [0.15, 0.2) is 5.78 Å². The van der Waals surface area contributed by atoms with Gasteiger partial charge in [-0.3, -0.25) is 4.79 Å². The third-order valence-electron chi connectivity index (χ3n) is 8.84. The number of aromatic nitrogens is 2. The molecule has 5 rings (SSSR count). The molecule has 150 valence electrons. The average Bonchev–Trinajstić information content (AvgIpc) is 3.29. The molecule has 1 heterocycles. The normalized spacial score (nSPS) is 42.1. The number of carbonyl (C=O) groups excluding carboxylic acids is 1. The monoisotopic (exact) mass is 380 g/mol. The number of rotatable bonds is 3. The van der Waals surface area contributed by atoms with Crippen LogP contribution in [-0.2, 0) is 11.3 Å². The zero-order chi connectivity index (χ0) is 19.5. The molecule has 2 saturated carbocycles. The fourth-order valence-corrected chi connectivity index (χ4v) is 7.27. The van der Waals surface area contributed by atoms with Gasteiger partial charge in [-0.2, -0.15) is 0 Å². The van der Waals surface area contributed by atoms with Crippen molar-refractivity contribution in [1.29, 1.82) is 0 Å². The minimum Gasteiger partial charge on any atom is -0.393 e. The third-order valence-corrected chi connectivity index (χ3v) is 8.84. The van der Waals surface area contributed by atoms with E-state index in [0.29, 0.717) is 24.3 Å².